The lowest BCUT2D eigenvalue weighted by molar-refractivity contribution is 0.281. The van der Waals surface area contributed by atoms with Gasteiger partial charge >= 0.3 is 0 Å². The standard InChI is InChI=1S/C12H13N3O3S/c1-9-3-4-10(8-16)7-11(9)19(17,18)15-12-13-5-2-6-14-12/h2-7,16H,8H2,1H3,(H,13,14,15). The van der Waals surface area contributed by atoms with Gasteiger partial charge in [0.05, 0.1) is 11.5 Å². The monoisotopic (exact) mass is 279 g/mol. The molecule has 0 spiro atoms. The van der Waals surface area contributed by atoms with E-state index < -0.39 is 10.0 Å². The summed E-state index contributed by atoms with van der Waals surface area (Å²) in [6.07, 6.45) is 2.89. The fourth-order valence-corrected chi connectivity index (χ4v) is 2.81. The van der Waals surface area contributed by atoms with Crippen LogP contribution in [-0.2, 0) is 16.6 Å². The highest BCUT2D eigenvalue weighted by Crippen LogP contribution is 2.19. The molecule has 0 saturated heterocycles. The van der Waals surface area contributed by atoms with Crippen LogP contribution in [0.3, 0.4) is 0 Å². The number of aryl methyl sites for hydroxylation is 1. The highest BCUT2D eigenvalue weighted by atomic mass is 32.2. The number of nitrogens with one attached hydrogen (secondary N) is 1. The van der Waals surface area contributed by atoms with Gasteiger partial charge in [-0.05, 0) is 30.2 Å². The van der Waals surface area contributed by atoms with Crippen molar-refractivity contribution in [3.05, 3.63) is 47.8 Å². The molecule has 1 aromatic carbocycles. The van der Waals surface area contributed by atoms with E-state index in [1.807, 2.05) is 0 Å². The smallest absolute Gasteiger partial charge is 0.264 e. The Morgan fingerprint density at radius 3 is 2.58 bits per heavy atom. The van der Waals surface area contributed by atoms with Crippen molar-refractivity contribution in [2.45, 2.75) is 18.4 Å². The summed E-state index contributed by atoms with van der Waals surface area (Å²) in [5.41, 5.74) is 1.11. The van der Waals surface area contributed by atoms with Gasteiger partial charge in [0.1, 0.15) is 0 Å². The Morgan fingerprint density at radius 1 is 1.26 bits per heavy atom. The maximum absolute atomic E-state index is 12.2. The first-order valence-electron chi connectivity index (χ1n) is 5.53. The normalized spacial score (nSPS) is 11.3. The van der Waals surface area contributed by atoms with E-state index in [9.17, 15) is 8.42 Å². The zero-order valence-corrected chi connectivity index (χ0v) is 11.1. The zero-order chi connectivity index (χ0) is 13.9. The molecule has 0 bridgehead atoms. The molecule has 1 heterocycles. The Hall–Kier alpha value is -1.99. The third kappa shape index (κ3) is 3.07. The van der Waals surface area contributed by atoms with Crippen LogP contribution in [-0.4, -0.2) is 23.5 Å². The van der Waals surface area contributed by atoms with Crippen molar-refractivity contribution in [1.82, 2.24) is 9.97 Å². The molecular weight excluding hydrogens is 266 g/mol. The predicted molar refractivity (Wildman–Crippen MR) is 69.9 cm³/mol. The van der Waals surface area contributed by atoms with Crippen molar-refractivity contribution in [3.8, 4) is 0 Å². The van der Waals surface area contributed by atoms with Crippen molar-refractivity contribution in [2.75, 3.05) is 4.72 Å². The van der Waals surface area contributed by atoms with E-state index in [1.165, 1.54) is 18.5 Å². The second kappa shape index (κ2) is 5.33. The average Bonchev–Trinajstić information content (AvgIpc) is 2.39. The van der Waals surface area contributed by atoms with Gasteiger partial charge in [-0.3, -0.25) is 0 Å². The molecule has 1 aromatic heterocycles. The van der Waals surface area contributed by atoms with E-state index in [0.29, 0.717) is 11.1 Å². The molecule has 6 nitrogen and oxygen atoms in total. The maximum atomic E-state index is 12.2. The van der Waals surface area contributed by atoms with Crippen LogP contribution in [0, 0.1) is 6.92 Å². The number of aliphatic hydroxyl groups excluding tert-OH is 1. The summed E-state index contributed by atoms with van der Waals surface area (Å²) in [6.45, 7) is 1.46. The molecule has 0 amide bonds. The zero-order valence-electron chi connectivity index (χ0n) is 10.2. The van der Waals surface area contributed by atoms with Gasteiger partial charge in [-0.15, -0.1) is 0 Å². The van der Waals surface area contributed by atoms with E-state index in [4.69, 9.17) is 5.11 Å². The lowest BCUT2D eigenvalue weighted by atomic mass is 10.2. The first-order valence-corrected chi connectivity index (χ1v) is 7.01. The quantitative estimate of drug-likeness (QED) is 0.873. The molecule has 100 valence electrons. The van der Waals surface area contributed by atoms with Gasteiger partial charge in [0.25, 0.3) is 10.0 Å². The Kier molecular flexibility index (Phi) is 3.77. The molecular formula is C12H13N3O3S. The second-order valence-electron chi connectivity index (χ2n) is 3.94. The van der Waals surface area contributed by atoms with Crippen LogP contribution in [0.5, 0.6) is 0 Å². The third-order valence-electron chi connectivity index (χ3n) is 2.52. The molecule has 0 unspecified atom stereocenters. The molecule has 0 radical (unpaired) electrons. The van der Waals surface area contributed by atoms with Crippen LogP contribution in [0.15, 0.2) is 41.6 Å². The van der Waals surface area contributed by atoms with Crippen LogP contribution in [0.25, 0.3) is 0 Å². The minimum atomic E-state index is -3.76. The summed E-state index contributed by atoms with van der Waals surface area (Å²) >= 11 is 0. The van der Waals surface area contributed by atoms with E-state index in [1.54, 1.807) is 25.1 Å². The molecule has 0 atom stereocenters. The van der Waals surface area contributed by atoms with Gasteiger partial charge in [0.15, 0.2) is 0 Å². The fourth-order valence-electron chi connectivity index (χ4n) is 1.56. The predicted octanol–water partition coefficient (Wildman–Crippen LogP) is 1.08. The van der Waals surface area contributed by atoms with Crippen LogP contribution < -0.4 is 4.72 Å². The number of hydrogen-bond acceptors (Lipinski definition) is 5. The average molecular weight is 279 g/mol. The summed E-state index contributed by atoms with van der Waals surface area (Å²) in [5.74, 6) is 0.0105. The van der Waals surface area contributed by atoms with Gasteiger partial charge in [-0.1, -0.05) is 12.1 Å². The van der Waals surface area contributed by atoms with Gasteiger partial charge in [-0.2, -0.15) is 0 Å². The highest BCUT2D eigenvalue weighted by Gasteiger charge is 2.18. The van der Waals surface area contributed by atoms with E-state index in [2.05, 4.69) is 14.7 Å². The Balaban J connectivity index is 2.39. The van der Waals surface area contributed by atoms with E-state index in [0.717, 1.165) is 0 Å². The van der Waals surface area contributed by atoms with Crippen molar-refractivity contribution in [1.29, 1.82) is 0 Å². The molecule has 2 rings (SSSR count). The molecule has 0 aliphatic rings. The summed E-state index contributed by atoms with van der Waals surface area (Å²) in [7, 11) is -3.76. The van der Waals surface area contributed by atoms with Gasteiger partial charge in [-0.25, -0.2) is 23.1 Å². The molecule has 7 heteroatoms. The summed E-state index contributed by atoms with van der Waals surface area (Å²) in [4.78, 5) is 7.73. The number of aromatic nitrogens is 2. The van der Waals surface area contributed by atoms with Gasteiger partial charge in [0, 0.05) is 12.4 Å². The second-order valence-corrected chi connectivity index (χ2v) is 5.59. The molecule has 0 saturated carbocycles. The van der Waals surface area contributed by atoms with Gasteiger partial charge in [0.2, 0.25) is 5.95 Å². The number of benzene rings is 1. The molecule has 2 N–H and O–H groups in total. The number of anilines is 1. The molecule has 19 heavy (non-hydrogen) atoms. The molecule has 0 fully saturated rings. The van der Waals surface area contributed by atoms with Crippen LogP contribution in [0.2, 0.25) is 0 Å². The number of rotatable bonds is 4. The Bertz CT molecular complexity index is 672. The summed E-state index contributed by atoms with van der Waals surface area (Å²) < 4.78 is 26.7. The highest BCUT2D eigenvalue weighted by molar-refractivity contribution is 7.92. The summed E-state index contributed by atoms with van der Waals surface area (Å²) in [5, 5.41) is 9.07. The lowest BCUT2D eigenvalue weighted by Crippen LogP contribution is -2.16. The number of nitrogens with zero attached hydrogens (tertiary/aromatic N) is 2. The van der Waals surface area contributed by atoms with Crippen molar-refractivity contribution >= 4 is 16.0 Å². The van der Waals surface area contributed by atoms with Crippen molar-refractivity contribution < 1.29 is 13.5 Å². The maximum Gasteiger partial charge on any atom is 0.264 e. The lowest BCUT2D eigenvalue weighted by Gasteiger charge is -2.10. The largest absolute Gasteiger partial charge is 0.392 e. The van der Waals surface area contributed by atoms with Crippen LogP contribution >= 0.6 is 0 Å². The Labute approximate surface area is 111 Å². The molecule has 0 aliphatic carbocycles. The summed E-state index contributed by atoms with van der Waals surface area (Å²) in [6, 6.07) is 6.34. The SMILES string of the molecule is Cc1ccc(CO)cc1S(=O)(=O)Nc1ncccn1. The van der Waals surface area contributed by atoms with E-state index in [-0.39, 0.29) is 17.5 Å². The first-order chi connectivity index (χ1) is 9.03. The number of sulfonamides is 1. The molecule has 2 aromatic rings. The van der Waals surface area contributed by atoms with Crippen molar-refractivity contribution in [2.24, 2.45) is 0 Å². The van der Waals surface area contributed by atoms with Crippen molar-refractivity contribution in [3.63, 3.8) is 0 Å². The van der Waals surface area contributed by atoms with Crippen LogP contribution in [0.4, 0.5) is 5.95 Å². The number of aliphatic hydroxyl groups is 1. The topological polar surface area (TPSA) is 92.2 Å². The minimum Gasteiger partial charge on any atom is -0.392 e. The Morgan fingerprint density at radius 2 is 1.95 bits per heavy atom. The fraction of sp³-hybridized carbons (Fsp3) is 0.167. The number of hydrogen-bond donors (Lipinski definition) is 2. The first kappa shape index (κ1) is 13.4. The minimum absolute atomic E-state index is 0.0105. The molecule has 0 aliphatic heterocycles. The van der Waals surface area contributed by atoms with E-state index >= 15 is 0 Å². The third-order valence-corrected chi connectivity index (χ3v) is 3.99. The van der Waals surface area contributed by atoms with Gasteiger partial charge < -0.3 is 5.11 Å². The van der Waals surface area contributed by atoms with Crippen LogP contribution in [0.1, 0.15) is 11.1 Å².